The number of hydrogen-bond acceptors (Lipinski definition) is 4. The molecule has 2 unspecified atom stereocenters. The molecule has 0 bridgehead atoms. The first-order valence-corrected chi connectivity index (χ1v) is 7.67. The summed E-state index contributed by atoms with van der Waals surface area (Å²) in [6, 6.07) is 7.62. The Morgan fingerprint density at radius 2 is 2.04 bits per heavy atom. The normalized spacial score (nSPS) is 25.0. The molecular weight excluding hydrogens is 316 g/mol. The zero-order valence-electron chi connectivity index (χ0n) is 14.2. The molecule has 0 saturated heterocycles. The van der Waals surface area contributed by atoms with Gasteiger partial charge in [-0.15, -0.1) is 12.4 Å². The summed E-state index contributed by atoms with van der Waals surface area (Å²) in [5.41, 5.74) is 6.01. The number of carbonyl (C=O) groups is 1. The van der Waals surface area contributed by atoms with Gasteiger partial charge in [-0.25, -0.2) is 0 Å². The summed E-state index contributed by atoms with van der Waals surface area (Å²) in [6.07, 6.45) is 0.575. The van der Waals surface area contributed by atoms with E-state index in [2.05, 4.69) is 5.32 Å². The molecule has 1 amide bonds. The number of carbonyl (C=O) groups excluding carboxylic acids is 1. The maximum Gasteiger partial charge on any atom is 0.241 e. The third-order valence-electron chi connectivity index (χ3n) is 4.87. The van der Waals surface area contributed by atoms with Gasteiger partial charge in [0.25, 0.3) is 0 Å². The van der Waals surface area contributed by atoms with Crippen LogP contribution in [0.25, 0.3) is 0 Å². The average Bonchev–Trinajstić information content (AvgIpc) is 2.52. The van der Waals surface area contributed by atoms with Crippen molar-refractivity contribution in [1.82, 2.24) is 5.32 Å². The molecule has 0 radical (unpaired) electrons. The largest absolute Gasteiger partial charge is 0.496 e. The summed E-state index contributed by atoms with van der Waals surface area (Å²) in [6.45, 7) is 6.96. The van der Waals surface area contributed by atoms with E-state index in [1.54, 1.807) is 7.11 Å². The maximum absolute atomic E-state index is 12.6. The van der Waals surface area contributed by atoms with Gasteiger partial charge in [0.1, 0.15) is 11.3 Å². The molecule has 1 aliphatic rings. The predicted molar refractivity (Wildman–Crippen MR) is 92.8 cm³/mol. The molecule has 0 aromatic heterocycles. The first kappa shape index (κ1) is 19.7. The lowest BCUT2D eigenvalue weighted by Gasteiger charge is -2.57. The highest BCUT2D eigenvalue weighted by atomic mass is 35.5. The van der Waals surface area contributed by atoms with Gasteiger partial charge in [0, 0.05) is 30.6 Å². The van der Waals surface area contributed by atoms with Crippen molar-refractivity contribution in [1.29, 1.82) is 0 Å². The molecule has 130 valence electrons. The van der Waals surface area contributed by atoms with Gasteiger partial charge in [-0.1, -0.05) is 32.0 Å². The lowest BCUT2D eigenvalue weighted by Crippen LogP contribution is -2.75. The van der Waals surface area contributed by atoms with Crippen LogP contribution < -0.4 is 15.8 Å². The Labute approximate surface area is 144 Å². The number of methoxy groups -OCH3 is 1. The Hall–Kier alpha value is -1.30. The Kier molecular flexibility index (Phi) is 6.45. The first-order chi connectivity index (χ1) is 10.4. The Balaban J connectivity index is 0.00000264. The van der Waals surface area contributed by atoms with Crippen LogP contribution in [0.4, 0.5) is 0 Å². The highest BCUT2D eigenvalue weighted by Crippen LogP contribution is 2.49. The SMILES string of the molecule is CCOC1CC(N)(C(=O)NCc2ccccc2OC)C1(C)C.Cl. The molecule has 5 nitrogen and oxygen atoms in total. The zero-order valence-corrected chi connectivity index (χ0v) is 15.0. The molecule has 1 aromatic rings. The van der Waals surface area contributed by atoms with Crippen LogP contribution in [-0.4, -0.2) is 31.3 Å². The molecule has 1 aromatic carbocycles. The highest BCUT2D eigenvalue weighted by Gasteiger charge is 2.62. The smallest absolute Gasteiger partial charge is 0.241 e. The fourth-order valence-electron chi connectivity index (χ4n) is 3.00. The van der Waals surface area contributed by atoms with Crippen molar-refractivity contribution >= 4 is 18.3 Å². The van der Waals surface area contributed by atoms with E-state index in [1.807, 2.05) is 45.0 Å². The molecule has 1 fully saturated rings. The molecule has 1 saturated carbocycles. The molecule has 23 heavy (non-hydrogen) atoms. The van der Waals surface area contributed by atoms with Gasteiger partial charge in [0.05, 0.1) is 13.2 Å². The second-order valence-electron chi connectivity index (χ2n) is 6.34. The minimum absolute atomic E-state index is 0. The van der Waals surface area contributed by atoms with Crippen LogP contribution in [0.1, 0.15) is 32.8 Å². The van der Waals surface area contributed by atoms with Crippen LogP contribution in [0.2, 0.25) is 0 Å². The quantitative estimate of drug-likeness (QED) is 0.831. The number of para-hydroxylation sites is 1. The zero-order chi connectivity index (χ0) is 16.4. The van der Waals surface area contributed by atoms with Crippen LogP contribution in [0.15, 0.2) is 24.3 Å². The van der Waals surface area contributed by atoms with E-state index in [0.717, 1.165) is 11.3 Å². The van der Waals surface area contributed by atoms with E-state index in [9.17, 15) is 4.79 Å². The molecule has 2 atom stereocenters. The number of amides is 1. The summed E-state index contributed by atoms with van der Waals surface area (Å²) in [4.78, 5) is 12.6. The van der Waals surface area contributed by atoms with Crippen molar-refractivity contribution in [3.8, 4) is 5.75 Å². The standard InChI is InChI=1S/C17H26N2O3.ClH/c1-5-22-14-10-17(18,16(14,2)3)15(20)19-11-12-8-6-7-9-13(12)21-4;/h6-9,14H,5,10-11,18H2,1-4H3,(H,19,20);1H. The summed E-state index contributed by atoms with van der Waals surface area (Å²) in [5.74, 6) is 0.619. The molecule has 0 aliphatic heterocycles. The fourth-order valence-corrected chi connectivity index (χ4v) is 3.00. The van der Waals surface area contributed by atoms with Crippen LogP contribution in [-0.2, 0) is 16.1 Å². The summed E-state index contributed by atoms with van der Waals surface area (Å²) < 4.78 is 10.9. The molecule has 3 N–H and O–H groups in total. The second kappa shape index (κ2) is 7.51. The molecule has 0 spiro atoms. The summed E-state index contributed by atoms with van der Waals surface area (Å²) >= 11 is 0. The maximum atomic E-state index is 12.6. The Morgan fingerprint density at radius 3 is 2.61 bits per heavy atom. The summed E-state index contributed by atoms with van der Waals surface area (Å²) in [5, 5.41) is 2.93. The van der Waals surface area contributed by atoms with E-state index in [0.29, 0.717) is 19.6 Å². The second-order valence-corrected chi connectivity index (χ2v) is 6.34. The van der Waals surface area contributed by atoms with Crippen molar-refractivity contribution in [2.75, 3.05) is 13.7 Å². The van der Waals surface area contributed by atoms with Crippen LogP contribution >= 0.6 is 12.4 Å². The van der Waals surface area contributed by atoms with E-state index in [1.165, 1.54) is 0 Å². The lowest BCUT2D eigenvalue weighted by atomic mass is 9.54. The van der Waals surface area contributed by atoms with Crippen molar-refractivity contribution in [2.45, 2.75) is 45.4 Å². The van der Waals surface area contributed by atoms with Gasteiger partial charge in [-0.3, -0.25) is 4.79 Å². The minimum atomic E-state index is -0.894. The summed E-state index contributed by atoms with van der Waals surface area (Å²) in [7, 11) is 1.62. The third kappa shape index (κ3) is 3.47. The van der Waals surface area contributed by atoms with Gasteiger partial charge in [0.2, 0.25) is 5.91 Å². The van der Waals surface area contributed by atoms with E-state index >= 15 is 0 Å². The number of nitrogens with two attached hydrogens (primary N) is 1. The van der Waals surface area contributed by atoms with Crippen molar-refractivity contribution in [3.63, 3.8) is 0 Å². The number of hydrogen-bond donors (Lipinski definition) is 2. The van der Waals surface area contributed by atoms with E-state index in [4.69, 9.17) is 15.2 Å². The van der Waals surface area contributed by atoms with Gasteiger partial charge in [0.15, 0.2) is 0 Å². The van der Waals surface area contributed by atoms with Crippen LogP contribution in [0.3, 0.4) is 0 Å². The van der Waals surface area contributed by atoms with Crippen molar-refractivity contribution in [3.05, 3.63) is 29.8 Å². The monoisotopic (exact) mass is 342 g/mol. The number of benzene rings is 1. The van der Waals surface area contributed by atoms with Gasteiger partial charge in [-0.2, -0.15) is 0 Å². The molecule has 6 heteroatoms. The Bertz CT molecular complexity index is 550. The third-order valence-corrected chi connectivity index (χ3v) is 4.87. The number of ether oxygens (including phenoxy) is 2. The van der Waals surface area contributed by atoms with Gasteiger partial charge in [-0.05, 0) is 13.0 Å². The molecular formula is C17H27ClN2O3. The van der Waals surface area contributed by atoms with E-state index in [-0.39, 0.29) is 29.8 Å². The molecule has 0 heterocycles. The van der Waals surface area contributed by atoms with Crippen molar-refractivity contribution < 1.29 is 14.3 Å². The van der Waals surface area contributed by atoms with Crippen LogP contribution in [0, 0.1) is 5.41 Å². The molecule has 2 rings (SSSR count). The average molecular weight is 343 g/mol. The fraction of sp³-hybridized carbons (Fsp3) is 0.588. The first-order valence-electron chi connectivity index (χ1n) is 7.67. The van der Waals surface area contributed by atoms with Crippen molar-refractivity contribution in [2.24, 2.45) is 11.1 Å². The Morgan fingerprint density at radius 1 is 1.39 bits per heavy atom. The number of nitrogens with one attached hydrogen (secondary N) is 1. The topological polar surface area (TPSA) is 73.6 Å². The highest BCUT2D eigenvalue weighted by molar-refractivity contribution is 5.88. The van der Waals surface area contributed by atoms with Gasteiger partial charge >= 0.3 is 0 Å². The van der Waals surface area contributed by atoms with Gasteiger partial charge < -0.3 is 20.5 Å². The minimum Gasteiger partial charge on any atom is -0.496 e. The number of rotatable bonds is 6. The molecule has 1 aliphatic carbocycles. The van der Waals surface area contributed by atoms with E-state index < -0.39 is 5.54 Å². The van der Waals surface area contributed by atoms with Crippen LogP contribution in [0.5, 0.6) is 5.75 Å². The lowest BCUT2D eigenvalue weighted by molar-refractivity contribution is -0.170. The predicted octanol–water partition coefficient (Wildman–Crippen LogP) is 2.27. The number of halogens is 1.